The first kappa shape index (κ1) is 11.7. The molecule has 0 aliphatic heterocycles. The molecule has 6 nitrogen and oxygen atoms in total. The summed E-state index contributed by atoms with van der Waals surface area (Å²) in [6, 6.07) is 2.12. The molecule has 1 atom stereocenters. The molecule has 2 heterocycles. The van der Waals surface area contributed by atoms with Gasteiger partial charge in [0.15, 0.2) is 5.82 Å². The Bertz CT molecular complexity index is 463. The Morgan fingerprint density at radius 3 is 2.47 bits per heavy atom. The second-order valence-corrected chi connectivity index (χ2v) is 4.69. The predicted molar refractivity (Wildman–Crippen MR) is 67.3 cm³/mol. The minimum atomic E-state index is 0.177. The summed E-state index contributed by atoms with van der Waals surface area (Å²) in [5.41, 5.74) is 12.4. The van der Waals surface area contributed by atoms with Gasteiger partial charge in [0.1, 0.15) is 13.1 Å². The molecule has 0 amide bonds. The number of anilines is 2. The molecule has 0 aliphatic rings. The van der Waals surface area contributed by atoms with Crippen molar-refractivity contribution in [2.24, 2.45) is 0 Å². The first-order chi connectivity index (χ1) is 8.13. The SMILES string of the molecule is C[NH+](Cc1ccsc1)Cc1nc(N)nc(N)n1. The fourth-order valence-corrected chi connectivity index (χ4v) is 2.28. The van der Waals surface area contributed by atoms with Crippen LogP contribution < -0.4 is 16.4 Å². The van der Waals surface area contributed by atoms with E-state index in [2.05, 4.69) is 38.8 Å². The maximum absolute atomic E-state index is 5.52. The number of nitrogens with zero attached hydrogens (tertiary/aromatic N) is 3. The number of rotatable bonds is 4. The van der Waals surface area contributed by atoms with E-state index in [4.69, 9.17) is 11.5 Å². The third kappa shape index (κ3) is 3.36. The lowest BCUT2D eigenvalue weighted by Crippen LogP contribution is -3.06. The Labute approximate surface area is 103 Å². The molecule has 0 aromatic carbocycles. The van der Waals surface area contributed by atoms with Gasteiger partial charge in [-0.05, 0) is 16.8 Å². The highest BCUT2D eigenvalue weighted by Crippen LogP contribution is 2.03. The summed E-state index contributed by atoms with van der Waals surface area (Å²) in [5, 5.41) is 4.21. The summed E-state index contributed by atoms with van der Waals surface area (Å²) in [6.07, 6.45) is 0. The molecule has 1 unspecified atom stereocenters. The van der Waals surface area contributed by atoms with Gasteiger partial charge >= 0.3 is 0 Å². The first-order valence-electron chi connectivity index (χ1n) is 5.22. The number of thiophene rings is 1. The van der Waals surface area contributed by atoms with Crippen LogP contribution >= 0.6 is 11.3 Å². The van der Waals surface area contributed by atoms with Crippen molar-refractivity contribution in [1.82, 2.24) is 15.0 Å². The Morgan fingerprint density at radius 2 is 1.88 bits per heavy atom. The van der Waals surface area contributed by atoms with Crippen LogP contribution in [-0.2, 0) is 13.1 Å². The van der Waals surface area contributed by atoms with Crippen molar-refractivity contribution >= 4 is 23.2 Å². The van der Waals surface area contributed by atoms with Crippen LogP contribution in [0.2, 0.25) is 0 Å². The number of nitrogen functional groups attached to an aromatic ring is 2. The van der Waals surface area contributed by atoms with Gasteiger partial charge in [-0.2, -0.15) is 26.3 Å². The second-order valence-electron chi connectivity index (χ2n) is 3.91. The third-order valence-electron chi connectivity index (χ3n) is 2.26. The second kappa shape index (κ2) is 5.07. The Morgan fingerprint density at radius 1 is 1.18 bits per heavy atom. The van der Waals surface area contributed by atoms with Gasteiger partial charge in [0.25, 0.3) is 0 Å². The molecule has 17 heavy (non-hydrogen) atoms. The zero-order valence-electron chi connectivity index (χ0n) is 9.55. The molecule has 0 saturated carbocycles. The van der Waals surface area contributed by atoms with Gasteiger partial charge in [0.05, 0.1) is 7.05 Å². The Kier molecular flexibility index (Phi) is 3.50. The van der Waals surface area contributed by atoms with E-state index in [9.17, 15) is 0 Å². The van der Waals surface area contributed by atoms with E-state index >= 15 is 0 Å². The lowest BCUT2D eigenvalue weighted by molar-refractivity contribution is -0.908. The van der Waals surface area contributed by atoms with Crippen molar-refractivity contribution in [3.8, 4) is 0 Å². The number of quaternary nitrogens is 1. The van der Waals surface area contributed by atoms with Crippen LogP contribution in [0.25, 0.3) is 0 Å². The minimum absolute atomic E-state index is 0.177. The fourth-order valence-electron chi connectivity index (χ4n) is 1.61. The fraction of sp³-hybridized carbons (Fsp3) is 0.300. The molecule has 0 aliphatic carbocycles. The summed E-state index contributed by atoms with van der Waals surface area (Å²) in [4.78, 5) is 13.1. The summed E-state index contributed by atoms with van der Waals surface area (Å²) >= 11 is 1.70. The highest BCUT2D eigenvalue weighted by molar-refractivity contribution is 7.07. The van der Waals surface area contributed by atoms with Crippen molar-refractivity contribution in [3.63, 3.8) is 0 Å². The van der Waals surface area contributed by atoms with Crippen LogP contribution in [0, 0.1) is 0 Å². The Hall–Kier alpha value is -1.73. The highest BCUT2D eigenvalue weighted by atomic mass is 32.1. The van der Waals surface area contributed by atoms with Crippen LogP contribution in [0.3, 0.4) is 0 Å². The van der Waals surface area contributed by atoms with Crippen molar-refractivity contribution in [1.29, 1.82) is 0 Å². The lowest BCUT2D eigenvalue weighted by atomic mass is 10.3. The number of aromatic nitrogens is 3. The van der Waals surface area contributed by atoms with Crippen molar-refractivity contribution in [2.75, 3.05) is 18.5 Å². The molecule has 0 bridgehead atoms. The van der Waals surface area contributed by atoms with Crippen molar-refractivity contribution < 1.29 is 4.90 Å². The van der Waals surface area contributed by atoms with Gasteiger partial charge in [-0.25, -0.2) is 0 Å². The number of nitrogens with one attached hydrogen (secondary N) is 1. The number of hydrogen-bond donors (Lipinski definition) is 3. The van der Waals surface area contributed by atoms with Crippen LogP contribution in [-0.4, -0.2) is 22.0 Å². The van der Waals surface area contributed by atoms with Gasteiger partial charge in [-0.3, -0.25) is 0 Å². The van der Waals surface area contributed by atoms with Crippen molar-refractivity contribution in [2.45, 2.75) is 13.1 Å². The topological polar surface area (TPSA) is 95.2 Å². The molecule has 0 saturated heterocycles. The summed E-state index contributed by atoms with van der Waals surface area (Å²) < 4.78 is 0. The normalized spacial score (nSPS) is 12.5. The molecule has 2 aromatic heterocycles. The molecular weight excluding hydrogens is 236 g/mol. The average molecular weight is 251 g/mol. The van der Waals surface area contributed by atoms with Crippen LogP contribution in [0.15, 0.2) is 16.8 Å². The van der Waals surface area contributed by atoms with E-state index in [0.29, 0.717) is 12.4 Å². The quantitative estimate of drug-likeness (QED) is 0.668. The van der Waals surface area contributed by atoms with E-state index in [1.165, 1.54) is 10.5 Å². The van der Waals surface area contributed by atoms with E-state index < -0.39 is 0 Å². The molecule has 0 fully saturated rings. The molecular formula is C10H15N6S+. The van der Waals surface area contributed by atoms with E-state index in [0.717, 1.165) is 6.54 Å². The average Bonchev–Trinajstić information content (AvgIpc) is 2.67. The van der Waals surface area contributed by atoms with Crippen LogP contribution in [0.4, 0.5) is 11.9 Å². The maximum atomic E-state index is 5.52. The predicted octanol–water partition coefficient (Wildman–Crippen LogP) is -0.688. The maximum Gasteiger partial charge on any atom is 0.225 e. The highest BCUT2D eigenvalue weighted by Gasteiger charge is 2.09. The van der Waals surface area contributed by atoms with Gasteiger partial charge < -0.3 is 16.4 Å². The van der Waals surface area contributed by atoms with Gasteiger partial charge in [0.2, 0.25) is 11.9 Å². The smallest absolute Gasteiger partial charge is 0.225 e. The molecule has 2 aromatic rings. The number of hydrogen-bond acceptors (Lipinski definition) is 6. The van der Waals surface area contributed by atoms with Crippen molar-refractivity contribution in [3.05, 3.63) is 28.2 Å². The Balaban J connectivity index is 2.00. The van der Waals surface area contributed by atoms with Gasteiger partial charge in [-0.15, -0.1) is 0 Å². The first-order valence-corrected chi connectivity index (χ1v) is 6.16. The molecule has 0 spiro atoms. The molecule has 0 radical (unpaired) electrons. The summed E-state index contributed by atoms with van der Waals surface area (Å²) in [7, 11) is 2.08. The number of nitrogens with two attached hydrogens (primary N) is 2. The van der Waals surface area contributed by atoms with E-state index in [-0.39, 0.29) is 11.9 Å². The van der Waals surface area contributed by atoms with Crippen LogP contribution in [0.5, 0.6) is 0 Å². The van der Waals surface area contributed by atoms with E-state index in [1.807, 2.05) is 0 Å². The molecule has 90 valence electrons. The minimum Gasteiger partial charge on any atom is -0.368 e. The monoisotopic (exact) mass is 251 g/mol. The van der Waals surface area contributed by atoms with Gasteiger partial charge in [-0.1, -0.05) is 0 Å². The summed E-state index contributed by atoms with van der Waals surface area (Å²) in [6.45, 7) is 1.60. The van der Waals surface area contributed by atoms with E-state index in [1.54, 1.807) is 11.3 Å². The van der Waals surface area contributed by atoms with Crippen LogP contribution in [0.1, 0.15) is 11.4 Å². The molecule has 5 N–H and O–H groups in total. The standard InChI is InChI=1S/C10H14N6S/c1-16(4-7-2-3-17-6-7)5-8-13-9(11)15-10(12)14-8/h2-3,6H,4-5H2,1H3,(H4,11,12,13,14,15)/p+1. The summed E-state index contributed by atoms with van der Waals surface area (Å²) in [5.74, 6) is 0.981. The zero-order chi connectivity index (χ0) is 12.3. The molecule has 2 rings (SSSR count). The van der Waals surface area contributed by atoms with Gasteiger partial charge in [0, 0.05) is 5.56 Å². The largest absolute Gasteiger partial charge is 0.368 e. The third-order valence-corrected chi connectivity index (χ3v) is 2.99. The lowest BCUT2D eigenvalue weighted by Gasteiger charge is -2.12. The molecule has 7 heteroatoms. The zero-order valence-corrected chi connectivity index (χ0v) is 10.4.